The van der Waals surface area contributed by atoms with Crippen LogP contribution >= 0.6 is 23.2 Å². The predicted octanol–water partition coefficient (Wildman–Crippen LogP) is 3.03. The fourth-order valence-electron chi connectivity index (χ4n) is 1.80. The summed E-state index contributed by atoms with van der Waals surface area (Å²) >= 11 is 11.7. The van der Waals surface area contributed by atoms with Crippen molar-refractivity contribution in [3.63, 3.8) is 0 Å². The molecule has 0 saturated carbocycles. The fourth-order valence-corrected chi connectivity index (χ4v) is 3.79. The van der Waals surface area contributed by atoms with Crippen molar-refractivity contribution in [1.82, 2.24) is 4.47 Å². The van der Waals surface area contributed by atoms with Crippen LogP contribution in [0.4, 0.5) is 0 Å². The molecule has 1 aromatic carbocycles. The molecular weight excluding hydrogens is 365 g/mol. The van der Waals surface area contributed by atoms with Crippen LogP contribution in [-0.4, -0.2) is 38.1 Å². The zero-order chi connectivity index (χ0) is 17.0. The minimum Gasteiger partial charge on any atom is -0.372 e. The lowest BCUT2D eigenvalue weighted by Crippen LogP contribution is -2.36. The molecule has 9 heteroatoms. The molecular formula is C14H17Cl2NO5S. The molecule has 0 radical (unpaired) electrons. The van der Waals surface area contributed by atoms with Gasteiger partial charge in [-0.25, -0.2) is 8.42 Å². The normalized spacial score (nSPS) is 17.3. The summed E-state index contributed by atoms with van der Waals surface area (Å²) in [4.78, 5) is 16.7. The zero-order valence-electron chi connectivity index (χ0n) is 12.5. The first-order chi connectivity index (χ1) is 10.8. The van der Waals surface area contributed by atoms with Gasteiger partial charge in [-0.3, -0.25) is 4.79 Å². The van der Waals surface area contributed by atoms with E-state index < -0.39 is 16.0 Å². The number of unbranched alkanes of at least 4 members (excludes halogenated alkanes) is 1. The number of nitrogens with zero attached hydrogens (tertiary/aromatic N) is 1. The van der Waals surface area contributed by atoms with Crippen molar-refractivity contribution in [1.29, 1.82) is 0 Å². The molecule has 0 N–H and O–H groups in total. The highest BCUT2D eigenvalue weighted by Crippen LogP contribution is 2.26. The molecule has 1 aliphatic rings. The van der Waals surface area contributed by atoms with Crippen molar-refractivity contribution in [2.75, 3.05) is 13.2 Å². The van der Waals surface area contributed by atoms with Crippen LogP contribution in [0.15, 0.2) is 23.1 Å². The Kier molecular flexibility index (Phi) is 6.27. The number of hydroxylamine groups is 1. The van der Waals surface area contributed by atoms with E-state index in [0.717, 1.165) is 6.42 Å². The Morgan fingerprint density at radius 3 is 2.48 bits per heavy atom. The summed E-state index contributed by atoms with van der Waals surface area (Å²) in [5.41, 5.74) is 0. The number of epoxide rings is 1. The van der Waals surface area contributed by atoms with Gasteiger partial charge in [0.05, 0.1) is 24.2 Å². The Hall–Kier alpha value is -0.860. The number of hydrogen-bond donors (Lipinski definition) is 0. The van der Waals surface area contributed by atoms with Gasteiger partial charge in [0.2, 0.25) is 0 Å². The molecule has 6 nitrogen and oxygen atoms in total. The van der Waals surface area contributed by atoms with E-state index in [9.17, 15) is 13.2 Å². The molecule has 0 aliphatic carbocycles. The topological polar surface area (TPSA) is 76.2 Å². The van der Waals surface area contributed by atoms with Gasteiger partial charge < -0.3 is 9.57 Å². The molecule has 0 aromatic heterocycles. The quantitative estimate of drug-likeness (QED) is 0.510. The molecule has 1 saturated heterocycles. The monoisotopic (exact) mass is 381 g/mol. The highest BCUT2D eigenvalue weighted by molar-refractivity contribution is 7.89. The molecule has 2 rings (SSSR count). The molecule has 128 valence electrons. The number of hydrogen-bond acceptors (Lipinski definition) is 5. The minimum atomic E-state index is -4.08. The van der Waals surface area contributed by atoms with Gasteiger partial charge in [-0.2, -0.15) is 0 Å². The second-order valence-electron chi connectivity index (χ2n) is 5.12. The molecule has 1 aliphatic heterocycles. The first-order valence-corrected chi connectivity index (χ1v) is 9.33. The number of halogens is 2. The van der Waals surface area contributed by atoms with E-state index in [1.165, 1.54) is 18.2 Å². The van der Waals surface area contributed by atoms with Gasteiger partial charge in [-0.05, 0) is 29.1 Å². The largest absolute Gasteiger partial charge is 0.372 e. The summed E-state index contributed by atoms with van der Waals surface area (Å²) in [5, 5.41) is 0.354. The second kappa shape index (κ2) is 7.81. The third-order valence-electron chi connectivity index (χ3n) is 3.10. The van der Waals surface area contributed by atoms with E-state index in [2.05, 4.69) is 0 Å². The lowest BCUT2D eigenvalue weighted by Gasteiger charge is -2.20. The van der Waals surface area contributed by atoms with Crippen molar-refractivity contribution in [2.24, 2.45) is 0 Å². The molecule has 0 spiro atoms. The Morgan fingerprint density at radius 2 is 1.96 bits per heavy atom. The maximum absolute atomic E-state index is 12.7. The number of carbonyl (C=O) groups excluding carboxylic acids is 1. The summed E-state index contributed by atoms with van der Waals surface area (Å²) in [6.45, 7) is 2.28. The Balaban J connectivity index is 2.23. The highest BCUT2D eigenvalue weighted by atomic mass is 35.5. The van der Waals surface area contributed by atoms with Crippen molar-refractivity contribution >= 4 is 39.2 Å². The molecule has 0 amide bonds. The summed E-state index contributed by atoms with van der Waals surface area (Å²) in [7, 11) is -4.08. The van der Waals surface area contributed by atoms with E-state index in [1.807, 2.05) is 6.92 Å². The van der Waals surface area contributed by atoms with Crippen molar-refractivity contribution < 1.29 is 22.8 Å². The molecule has 1 aromatic rings. The summed E-state index contributed by atoms with van der Waals surface area (Å²) in [6.07, 6.45) is 1.29. The van der Waals surface area contributed by atoms with Gasteiger partial charge in [-0.15, -0.1) is 0 Å². The van der Waals surface area contributed by atoms with Gasteiger partial charge in [0.1, 0.15) is 0 Å². The van der Waals surface area contributed by atoms with Crippen LogP contribution in [0.25, 0.3) is 0 Å². The van der Waals surface area contributed by atoms with E-state index in [-0.39, 0.29) is 34.0 Å². The van der Waals surface area contributed by atoms with E-state index >= 15 is 0 Å². The predicted molar refractivity (Wildman–Crippen MR) is 85.7 cm³/mol. The van der Waals surface area contributed by atoms with Crippen molar-refractivity contribution in [3.8, 4) is 0 Å². The number of ether oxygens (including phenoxy) is 1. The van der Waals surface area contributed by atoms with E-state index in [0.29, 0.717) is 17.5 Å². The SMILES string of the molecule is CCCCC(=O)ON(CC1CO1)S(=O)(=O)c1cc(Cl)cc(Cl)c1. The van der Waals surface area contributed by atoms with Crippen LogP contribution < -0.4 is 0 Å². The highest BCUT2D eigenvalue weighted by Gasteiger charge is 2.36. The van der Waals surface area contributed by atoms with Crippen LogP contribution in [0.3, 0.4) is 0 Å². The fraction of sp³-hybridized carbons (Fsp3) is 0.500. The van der Waals surface area contributed by atoms with Crippen molar-refractivity contribution in [3.05, 3.63) is 28.2 Å². The first-order valence-electron chi connectivity index (χ1n) is 7.14. The minimum absolute atomic E-state index is 0.0651. The van der Waals surface area contributed by atoms with Gasteiger partial charge in [0, 0.05) is 16.5 Å². The third kappa shape index (κ3) is 5.32. The lowest BCUT2D eigenvalue weighted by atomic mass is 10.3. The number of benzene rings is 1. The maximum Gasteiger partial charge on any atom is 0.326 e. The summed E-state index contributed by atoms with van der Waals surface area (Å²) < 4.78 is 31.1. The molecule has 23 heavy (non-hydrogen) atoms. The Morgan fingerprint density at radius 1 is 1.35 bits per heavy atom. The van der Waals surface area contributed by atoms with Gasteiger partial charge in [-0.1, -0.05) is 36.5 Å². The van der Waals surface area contributed by atoms with Crippen LogP contribution in [0.5, 0.6) is 0 Å². The lowest BCUT2D eigenvalue weighted by molar-refractivity contribution is -0.170. The number of rotatable bonds is 8. The van der Waals surface area contributed by atoms with Crippen LogP contribution in [-0.2, 0) is 24.4 Å². The van der Waals surface area contributed by atoms with E-state index in [4.69, 9.17) is 32.8 Å². The van der Waals surface area contributed by atoms with Gasteiger partial charge in [0.15, 0.2) is 0 Å². The van der Waals surface area contributed by atoms with Crippen LogP contribution in [0.1, 0.15) is 26.2 Å². The first kappa shape index (κ1) is 18.5. The van der Waals surface area contributed by atoms with Gasteiger partial charge >= 0.3 is 5.97 Å². The average molecular weight is 382 g/mol. The van der Waals surface area contributed by atoms with Crippen molar-refractivity contribution in [2.45, 2.75) is 37.2 Å². The average Bonchev–Trinajstić information content (AvgIpc) is 3.27. The molecule has 1 unspecified atom stereocenters. The van der Waals surface area contributed by atoms with Crippen LogP contribution in [0, 0.1) is 0 Å². The molecule has 1 atom stereocenters. The van der Waals surface area contributed by atoms with E-state index in [1.54, 1.807) is 0 Å². The number of sulfonamides is 1. The summed E-state index contributed by atoms with van der Waals surface area (Å²) in [5.74, 6) is -0.607. The smallest absolute Gasteiger partial charge is 0.326 e. The second-order valence-corrected chi connectivity index (χ2v) is 7.82. The Labute approximate surface area is 145 Å². The number of carbonyl (C=O) groups is 1. The maximum atomic E-state index is 12.7. The molecule has 1 heterocycles. The standard InChI is InChI=1S/C14H17Cl2NO5S/c1-2-3-4-14(18)22-17(8-12-9-21-12)23(19,20)13-6-10(15)5-11(16)7-13/h5-7,12H,2-4,8-9H2,1H3. The zero-order valence-corrected chi connectivity index (χ0v) is 14.8. The third-order valence-corrected chi connectivity index (χ3v) is 5.12. The Bertz CT molecular complexity index is 655. The van der Waals surface area contributed by atoms with Gasteiger partial charge in [0.25, 0.3) is 10.0 Å². The molecule has 1 fully saturated rings. The summed E-state index contributed by atoms with van der Waals surface area (Å²) in [6, 6.07) is 3.93. The van der Waals surface area contributed by atoms with Crippen LogP contribution in [0.2, 0.25) is 10.0 Å². The molecule has 0 bridgehead atoms.